The lowest BCUT2D eigenvalue weighted by Gasteiger charge is -2.12. The van der Waals surface area contributed by atoms with E-state index in [9.17, 15) is 9.59 Å². The summed E-state index contributed by atoms with van der Waals surface area (Å²) in [4.78, 5) is 25.7. The van der Waals surface area contributed by atoms with Gasteiger partial charge >= 0.3 is 5.97 Å². The minimum Gasteiger partial charge on any atom is -0.497 e. The minimum atomic E-state index is -0.520. The number of nitrogens with one attached hydrogen (secondary N) is 1. The van der Waals surface area contributed by atoms with Gasteiger partial charge in [-0.25, -0.2) is 4.79 Å². The van der Waals surface area contributed by atoms with Crippen LogP contribution in [0.1, 0.15) is 23.0 Å². The average Bonchev–Trinajstić information content (AvgIpc) is 3.20. The van der Waals surface area contributed by atoms with Crippen LogP contribution in [0.4, 0.5) is 5.69 Å². The van der Waals surface area contributed by atoms with Gasteiger partial charge in [0, 0.05) is 25.4 Å². The zero-order valence-electron chi connectivity index (χ0n) is 19.7. The second kappa shape index (κ2) is 12.6. The van der Waals surface area contributed by atoms with Crippen molar-refractivity contribution in [1.82, 2.24) is 4.57 Å². The third kappa shape index (κ3) is 6.46. The zero-order chi connectivity index (χ0) is 24.3. The van der Waals surface area contributed by atoms with Crippen LogP contribution in [-0.2, 0) is 25.5 Å². The van der Waals surface area contributed by atoms with E-state index in [0.29, 0.717) is 30.2 Å². The van der Waals surface area contributed by atoms with Crippen molar-refractivity contribution in [3.05, 3.63) is 72.1 Å². The molecule has 1 heterocycles. The molecule has 0 saturated heterocycles. The molecule has 0 bridgehead atoms. The number of carbonyl (C=O) groups is 2. The number of aromatic nitrogens is 1. The molecular weight excluding hydrogens is 436 g/mol. The number of esters is 1. The van der Waals surface area contributed by atoms with Gasteiger partial charge in [0.25, 0.3) is 0 Å². The maximum absolute atomic E-state index is 13.0. The average molecular weight is 467 g/mol. The highest BCUT2D eigenvalue weighted by Gasteiger charge is 2.25. The molecule has 3 aromatic rings. The highest BCUT2D eigenvalue weighted by molar-refractivity contribution is 6.05. The molecule has 0 spiro atoms. The van der Waals surface area contributed by atoms with Crippen molar-refractivity contribution in [2.75, 3.05) is 46.0 Å². The van der Waals surface area contributed by atoms with Crippen LogP contribution in [0.3, 0.4) is 0 Å². The lowest BCUT2D eigenvalue weighted by Crippen LogP contribution is -2.22. The van der Waals surface area contributed by atoms with Crippen molar-refractivity contribution in [1.29, 1.82) is 0 Å². The quantitative estimate of drug-likeness (QED) is 0.321. The number of nitrogens with zero attached hydrogens (tertiary/aromatic N) is 1. The molecule has 180 valence electrons. The van der Waals surface area contributed by atoms with Gasteiger partial charge in [0.1, 0.15) is 12.4 Å². The topological polar surface area (TPSA) is 88.0 Å². The summed E-state index contributed by atoms with van der Waals surface area (Å²) in [5.74, 6) is -0.196. The maximum atomic E-state index is 13.0. The summed E-state index contributed by atoms with van der Waals surface area (Å²) < 4.78 is 22.7. The van der Waals surface area contributed by atoms with Gasteiger partial charge in [0.15, 0.2) is 5.69 Å². The molecule has 0 fully saturated rings. The van der Waals surface area contributed by atoms with E-state index in [0.717, 1.165) is 11.1 Å². The molecule has 34 heavy (non-hydrogen) atoms. The van der Waals surface area contributed by atoms with Crippen molar-refractivity contribution in [3.8, 4) is 16.9 Å². The molecule has 0 atom stereocenters. The first-order chi connectivity index (χ1) is 16.6. The van der Waals surface area contributed by atoms with E-state index < -0.39 is 5.97 Å². The van der Waals surface area contributed by atoms with E-state index in [2.05, 4.69) is 5.32 Å². The van der Waals surface area contributed by atoms with Gasteiger partial charge in [-0.3, -0.25) is 4.79 Å². The number of amides is 1. The smallest absolute Gasteiger partial charge is 0.357 e. The predicted molar refractivity (Wildman–Crippen MR) is 129 cm³/mol. The van der Waals surface area contributed by atoms with Gasteiger partial charge in [0.2, 0.25) is 5.91 Å². The van der Waals surface area contributed by atoms with Crippen LogP contribution in [0.15, 0.2) is 60.8 Å². The number of hydrogen-bond acceptors (Lipinski definition) is 6. The van der Waals surface area contributed by atoms with E-state index in [1.165, 1.54) is 0 Å². The van der Waals surface area contributed by atoms with Gasteiger partial charge in [-0.05, 0) is 30.2 Å². The Morgan fingerprint density at radius 1 is 0.971 bits per heavy atom. The number of methoxy groups -OCH3 is 2. The number of anilines is 1. The molecule has 8 heteroatoms. The first kappa shape index (κ1) is 25.0. The molecule has 3 rings (SSSR count). The molecule has 0 aliphatic heterocycles. The number of hydrogen-bond donors (Lipinski definition) is 1. The van der Waals surface area contributed by atoms with Crippen molar-refractivity contribution >= 4 is 17.6 Å². The van der Waals surface area contributed by atoms with Crippen LogP contribution in [0.5, 0.6) is 5.75 Å². The molecule has 0 saturated carbocycles. The number of carbonyl (C=O) groups excluding carboxylic acids is 2. The highest BCUT2D eigenvalue weighted by atomic mass is 16.5. The molecule has 0 aliphatic carbocycles. The van der Waals surface area contributed by atoms with Gasteiger partial charge in [-0.1, -0.05) is 42.5 Å². The fourth-order valence-corrected chi connectivity index (χ4v) is 3.48. The fourth-order valence-electron chi connectivity index (χ4n) is 3.48. The Morgan fingerprint density at radius 2 is 1.71 bits per heavy atom. The molecule has 8 nitrogen and oxygen atoms in total. The number of ether oxygens (including phenoxy) is 4. The normalized spacial score (nSPS) is 10.7. The van der Waals surface area contributed by atoms with Crippen LogP contribution in [0.25, 0.3) is 11.1 Å². The first-order valence-electron chi connectivity index (χ1n) is 11.0. The Bertz CT molecular complexity index is 1080. The molecule has 0 radical (unpaired) electrons. The second-order valence-corrected chi connectivity index (χ2v) is 7.42. The number of rotatable bonds is 12. The van der Waals surface area contributed by atoms with Crippen LogP contribution in [0.2, 0.25) is 0 Å². The summed E-state index contributed by atoms with van der Waals surface area (Å²) in [6.45, 7) is 2.88. The largest absolute Gasteiger partial charge is 0.497 e. The van der Waals surface area contributed by atoms with E-state index in [1.54, 1.807) is 25.7 Å². The third-order valence-electron chi connectivity index (χ3n) is 5.07. The van der Waals surface area contributed by atoms with Crippen LogP contribution >= 0.6 is 0 Å². The summed E-state index contributed by atoms with van der Waals surface area (Å²) in [7, 11) is 3.16. The Kier molecular flexibility index (Phi) is 9.25. The molecule has 1 amide bonds. The summed E-state index contributed by atoms with van der Waals surface area (Å²) in [5.41, 5.74) is 3.15. The van der Waals surface area contributed by atoms with E-state index in [-0.39, 0.29) is 31.4 Å². The Balaban J connectivity index is 2.04. The van der Waals surface area contributed by atoms with Gasteiger partial charge in [-0.15, -0.1) is 0 Å². The molecule has 0 unspecified atom stereocenters. The summed E-state index contributed by atoms with van der Waals surface area (Å²) in [6.07, 6.45) is 1.85. The van der Waals surface area contributed by atoms with Gasteiger partial charge < -0.3 is 28.8 Å². The molecule has 1 aromatic heterocycles. The van der Waals surface area contributed by atoms with Crippen molar-refractivity contribution in [2.24, 2.45) is 0 Å². The van der Waals surface area contributed by atoms with Crippen LogP contribution in [-0.4, -0.2) is 57.1 Å². The standard InChI is InChI=1S/C26H30N2O6/c1-4-34-26(30)25-24(27-23(29)18-33-15-14-31-2)22(20-10-12-21(32-3)13-11-20)17-28(25)16-19-8-6-5-7-9-19/h5-13,17H,4,14-16,18H2,1-3H3,(H,27,29). The van der Waals surface area contributed by atoms with E-state index >= 15 is 0 Å². The summed E-state index contributed by atoms with van der Waals surface area (Å²) >= 11 is 0. The number of benzene rings is 2. The zero-order valence-corrected chi connectivity index (χ0v) is 19.7. The fraction of sp³-hybridized carbons (Fsp3) is 0.308. The third-order valence-corrected chi connectivity index (χ3v) is 5.07. The second-order valence-electron chi connectivity index (χ2n) is 7.42. The maximum Gasteiger partial charge on any atom is 0.357 e. The lowest BCUT2D eigenvalue weighted by atomic mass is 10.1. The highest BCUT2D eigenvalue weighted by Crippen LogP contribution is 2.35. The molecule has 2 aromatic carbocycles. The van der Waals surface area contributed by atoms with Crippen LogP contribution < -0.4 is 10.1 Å². The van der Waals surface area contributed by atoms with Crippen molar-refractivity contribution in [3.63, 3.8) is 0 Å². The van der Waals surface area contributed by atoms with E-state index in [1.807, 2.05) is 60.8 Å². The Morgan fingerprint density at radius 3 is 2.35 bits per heavy atom. The Labute approximate surface area is 199 Å². The molecular formula is C26H30N2O6. The first-order valence-corrected chi connectivity index (χ1v) is 11.0. The van der Waals surface area contributed by atoms with Crippen molar-refractivity contribution < 1.29 is 28.5 Å². The van der Waals surface area contributed by atoms with Gasteiger partial charge in [0.05, 0.1) is 32.6 Å². The monoisotopic (exact) mass is 466 g/mol. The minimum absolute atomic E-state index is 0.169. The molecule has 0 aliphatic rings. The summed E-state index contributed by atoms with van der Waals surface area (Å²) in [6, 6.07) is 17.2. The molecule has 1 N–H and O–H groups in total. The lowest BCUT2D eigenvalue weighted by molar-refractivity contribution is -0.121. The van der Waals surface area contributed by atoms with E-state index in [4.69, 9.17) is 18.9 Å². The predicted octanol–water partition coefficient (Wildman–Crippen LogP) is 3.99. The summed E-state index contributed by atoms with van der Waals surface area (Å²) in [5, 5.41) is 2.87. The van der Waals surface area contributed by atoms with Gasteiger partial charge in [-0.2, -0.15) is 0 Å². The van der Waals surface area contributed by atoms with Crippen molar-refractivity contribution in [2.45, 2.75) is 13.5 Å². The van der Waals surface area contributed by atoms with Crippen LogP contribution in [0, 0.1) is 0 Å². The SMILES string of the molecule is CCOC(=O)c1c(NC(=O)COCCOC)c(-c2ccc(OC)cc2)cn1Cc1ccccc1. The Hall–Kier alpha value is -3.62.